The molecule has 70 heavy (non-hydrogen) atoms. The van der Waals surface area contributed by atoms with Gasteiger partial charge in [-0.25, -0.2) is 19.0 Å². The number of aromatic nitrogens is 10. The molecule has 0 atom stereocenters. The summed E-state index contributed by atoms with van der Waals surface area (Å²) in [5.41, 5.74) is 13.1. The third-order valence-corrected chi connectivity index (χ3v) is 13.1. The highest BCUT2D eigenvalue weighted by atomic mass is 16.5. The fraction of sp³-hybridized carbons (Fsp3) is 0.273. The Kier molecular flexibility index (Phi) is 13.1. The number of fused-ring (bicyclic) bond motifs is 4. The van der Waals surface area contributed by atoms with Gasteiger partial charge in [0.25, 0.3) is 0 Å². The Bertz CT molecular complexity index is 3170. The summed E-state index contributed by atoms with van der Waals surface area (Å²) < 4.78 is 15.4. The van der Waals surface area contributed by atoms with E-state index in [4.69, 9.17) is 19.4 Å². The molecule has 2 fully saturated rings. The van der Waals surface area contributed by atoms with Gasteiger partial charge in [0.05, 0.1) is 47.2 Å². The molecule has 0 saturated carbocycles. The molecule has 2 aliphatic rings. The summed E-state index contributed by atoms with van der Waals surface area (Å²) in [7, 11) is 0. The van der Waals surface area contributed by atoms with Crippen molar-refractivity contribution in [2.24, 2.45) is 0 Å². The van der Waals surface area contributed by atoms with Crippen LogP contribution in [0.5, 0.6) is 11.5 Å². The van der Waals surface area contributed by atoms with Crippen molar-refractivity contribution in [3.63, 3.8) is 0 Å². The average molecular weight is 930 g/mol. The summed E-state index contributed by atoms with van der Waals surface area (Å²) in [5.74, 6) is 1.57. The average Bonchev–Trinajstić information content (AvgIpc) is 4.03. The van der Waals surface area contributed by atoms with Crippen LogP contribution in [0.4, 0.5) is 0 Å². The molecule has 10 heterocycles. The second-order valence-corrected chi connectivity index (χ2v) is 17.9. The Morgan fingerprint density at radius 1 is 0.486 bits per heavy atom. The Labute approximate surface area is 406 Å². The molecule has 352 valence electrons. The van der Waals surface area contributed by atoms with Crippen LogP contribution in [0.15, 0.2) is 135 Å². The molecule has 0 radical (unpaired) electrons. The molecular weight excluding hydrogens is 875 g/mol. The Balaban J connectivity index is 0.000000152. The number of rotatable bonds is 12. The lowest BCUT2D eigenvalue weighted by atomic mass is 10.0. The molecule has 2 saturated heterocycles. The number of nitrogens with zero attached hydrogens (tertiary/aromatic N) is 12. The SMILES string of the molecule is Cc1ccc2c(-c3cnn4cc(-c5ccc(OCCN6CCCCC6)cn5)cnc34)cccc2n1.Cc1ccc2c(-c3cnn4cc(-c5ccc(OCCN6CCNCC6)cn5)cnc34)cccc2n1. The molecule has 1 N–H and O–H groups in total. The molecule has 2 aliphatic heterocycles. The highest BCUT2D eigenvalue weighted by Gasteiger charge is 2.16. The molecule has 0 amide bonds. The fourth-order valence-electron chi connectivity index (χ4n) is 9.35. The molecule has 15 heteroatoms. The molecule has 0 bridgehead atoms. The zero-order valence-electron chi connectivity index (χ0n) is 39.6. The number of likely N-dealkylation sites (tertiary alicyclic amines) is 1. The predicted octanol–water partition coefficient (Wildman–Crippen LogP) is 8.78. The van der Waals surface area contributed by atoms with Crippen LogP contribution in [-0.2, 0) is 0 Å². The van der Waals surface area contributed by atoms with E-state index in [1.807, 2.05) is 121 Å². The Morgan fingerprint density at radius 2 is 0.986 bits per heavy atom. The summed E-state index contributed by atoms with van der Waals surface area (Å²) >= 11 is 0. The molecule has 2 aromatic carbocycles. The van der Waals surface area contributed by atoms with Crippen molar-refractivity contribution in [2.75, 3.05) is 65.6 Å². The van der Waals surface area contributed by atoms with Crippen LogP contribution in [0.3, 0.4) is 0 Å². The summed E-state index contributed by atoms with van der Waals surface area (Å²) in [5, 5.41) is 14.7. The number of aryl methyl sites for hydroxylation is 2. The minimum Gasteiger partial charge on any atom is -0.491 e. The number of pyridine rings is 4. The molecule has 10 aromatic rings. The van der Waals surface area contributed by atoms with Gasteiger partial charge in [0.2, 0.25) is 0 Å². The van der Waals surface area contributed by atoms with Crippen LogP contribution in [-0.4, -0.2) is 125 Å². The second kappa shape index (κ2) is 20.5. The highest BCUT2D eigenvalue weighted by molar-refractivity contribution is 5.99. The van der Waals surface area contributed by atoms with Crippen molar-refractivity contribution in [2.45, 2.75) is 33.1 Å². The third-order valence-electron chi connectivity index (χ3n) is 13.1. The molecule has 12 rings (SSSR count). The van der Waals surface area contributed by atoms with E-state index in [1.54, 1.807) is 12.4 Å². The summed E-state index contributed by atoms with van der Waals surface area (Å²) in [6, 6.07) is 28.5. The monoisotopic (exact) mass is 929 g/mol. The smallest absolute Gasteiger partial charge is 0.162 e. The van der Waals surface area contributed by atoms with Gasteiger partial charge in [-0.15, -0.1) is 0 Å². The van der Waals surface area contributed by atoms with Crippen LogP contribution >= 0.6 is 0 Å². The number of hydrogen-bond acceptors (Lipinski definition) is 13. The first-order valence-electron chi connectivity index (χ1n) is 24.2. The predicted molar refractivity (Wildman–Crippen MR) is 274 cm³/mol. The van der Waals surface area contributed by atoms with Crippen LogP contribution < -0.4 is 14.8 Å². The van der Waals surface area contributed by atoms with Gasteiger partial charge in [-0.05, 0) is 99.4 Å². The number of benzene rings is 2. The topological polar surface area (TPSA) is 149 Å². The molecule has 8 aromatic heterocycles. The quantitative estimate of drug-likeness (QED) is 0.125. The van der Waals surface area contributed by atoms with Gasteiger partial charge in [-0.1, -0.05) is 42.8 Å². The van der Waals surface area contributed by atoms with Crippen molar-refractivity contribution < 1.29 is 9.47 Å². The van der Waals surface area contributed by atoms with Crippen molar-refractivity contribution in [1.82, 2.24) is 64.2 Å². The molecule has 0 aliphatic carbocycles. The summed E-state index contributed by atoms with van der Waals surface area (Å²) in [4.78, 5) is 32.9. The number of hydrogen-bond donors (Lipinski definition) is 1. The Hall–Kier alpha value is -7.72. The van der Waals surface area contributed by atoms with Crippen LogP contribution in [0, 0.1) is 13.8 Å². The normalized spacial score (nSPS) is 14.5. The molecule has 0 spiro atoms. The van der Waals surface area contributed by atoms with Crippen LogP contribution in [0.1, 0.15) is 30.7 Å². The minimum absolute atomic E-state index is 0.661. The summed E-state index contributed by atoms with van der Waals surface area (Å²) in [6.45, 7) is 13.9. The van der Waals surface area contributed by atoms with Gasteiger partial charge in [-0.3, -0.25) is 29.7 Å². The van der Waals surface area contributed by atoms with Crippen molar-refractivity contribution in [3.05, 3.63) is 146 Å². The van der Waals surface area contributed by atoms with Gasteiger partial charge in [0, 0.05) is 108 Å². The summed E-state index contributed by atoms with van der Waals surface area (Å²) in [6.07, 6.45) is 18.9. The lowest BCUT2D eigenvalue weighted by Gasteiger charge is -2.26. The van der Waals surface area contributed by atoms with Crippen molar-refractivity contribution in [3.8, 4) is 56.3 Å². The number of ether oxygens (including phenoxy) is 2. The van der Waals surface area contributed by atoms with Gasteiger partial charge in [-0.2, -0.15) is 10.2 Å². The number of nitrogens with one attached hydrogen (secondary N) is 1. The van der Waals surface area contributed by atoms with Gasteiger partial charge >= 0.3 is 0 Å². The van der Waals surface area contributed by atoms with E-state index in [2.05, 4.69) is 69.5 Å². The van der Waals surface area contributed by atoms with E-state index in [-0.39, 0.29) is 0 Å². The van der Waals surface area contributed by atoms with Crippen molar-refractivity contribution >= 4 is 33.1 Å². The van der Waals surface area contributed by atoms with E-state index in [1.165, 1.54) is 32.4 Å². The zero-order chi connectivity index (χ0) is 47.2. The Morgan fingerprint density at radius 3 is 1.47 bits per heavy atom. The van der Waals surface area contributed by atoms with Crippen LogP contribution in [0.2, 0.25) is 0 Å². The van der Waals surface area contributed by atoms with E-state index >= 15 is 0 Å². The van der Waals surface area contributed by atoms with E-state index in [9.17, 15) is 0 Å². The lowest BCUT2D eigenvalue weighted by molar-refractivity contribution is 0.183. The standard InChI is InChI=1S/C28H28N6O.C27H27N7O/c1-20-8-10-24-23(6-5-7-27(24)32-20)25-18-31-34-19-21(16-30-28(25)34)26-11-9-22(17-29-26)35-15-14-33-12-3-2-4-13-33;1-19-5-7-23-22(3-2-4-26(23)32-19)24-17-31-34-18-20(15-30-27(24)34)25-8-6-21(16-29-25)35-14-13-33-11-9-28-10-12-33/h5-11,16-19H,2-4,12-15H2,1H3;2-8,15-18,28H,9-14H2,1H3. The van der Waals surface area contributed by atoms with Gasteiger partial charge in [0.15, 0.2) is 11.3 Å². The highest BCUT2D eigenvalue weighted by Crippen LogP contribution is 2.33. The maximum atomic E-state index is 5.92. The third kappa shape index (κ3) is 9.90. The minimum atomic E-state index is 0.661. The lowest BCUT2D eigenvalue weighted by Crippen LogP contribution is -2.44. The van der Waals surface area contributed by atoms with Crippen LogP contribution in [0.25, 0.3) is 77.9 Å². The maximum Gasteiger partial charge on any atom is 0.162 e. The van der Waals surface area contributed by atoms with Crippen molar-refractivity contribution in [1.29, 1.82) is 0 Å². The van der Waals surface area contributed by atoms with E-state index < -0.39 is 0 Å². The molecule has 15 nitrogen and oxygen atoms in total. The zero-order valence-corrected chi connectivity index (χ0v) is 39.6. The van der Waals surface area contributed by atoms with E-state index in [0.717, 1.165) is 140 Å². The first-order chi connectivity index (χ1) is 34.5. The maximum absolute atomic E-state index is 5.92. The first kappa shape index (κ1) is 44.8. The largest absolute Gasteiger partial charge is 0.491 e. The molecule has 0 unspecified atom stereocenters. The fourth-order valence-corrected chi connectivity index (χ4v) is 9.35. The number of piperazine rings is 1. The van der Waals surface area contributed by atoms with Gasteiger partial charge in [0.1, 0.15) is 24.7 Å². The van der Waals surface area contributed by atoms with Gasteiger partial charge < -0.3 is 14.8 Å². The van der Waals surface area contributed by atoms with E-state index in [0.29, 0.717) is 13.2 Å². The number of piperidine rings is 1. The molecular formula is C55H55N13O2. The second-order valence-electron chi connectivity index (χ2n) is 17.9. The first-order valence-corrected chi connectivity index (χ1v) is 24.2.